The Morgan fingerprint density at radius 3 is 3.40 bits per heavy atom. The summed E-state index contributed by atoms with van der Waals surface area (Å²) in [5.74, 6) is 0. The standard InChI is InChI=1S/C5H5BN2OS/c9-6-5-4(1-2-10-5)3-7-8-6/h1-3,8-9H. The van der Waals surface area contributed by atoms with Crippen molar-refractivity contribution >= 4 is 29.4 Å². The first-order valence-corrected chi connectivity index (χ1v) is 3.80. The third kappa shape index (κ3) is 0.749. The molecule has 1 aliphatic heterocycles. The molecule has 0 amide bonds. The topological polar surface area (TPSA) is 44.6 Å². The second-order valence-electron chi connectivity index (χ2n) is 2.03. The molecular formula is C5H5BN2OS. The molecule has 0 unspecified atom stereocenters. The van der Waals surface area contributed by atoms with E-state index in [1.807, 2.05) is 11.4 Å². The zero-order chi connectivity index (χ0) is 6.97. The summed E-state index contributed by atoms with van der Waals surface area (Å²) in [6, 6.07) is 1.94. The lowest BCUT2D eigenvalue weighted by atomic mass is 9.80. The molecule has 0 bridgehead atoms. The number of hydrogen-bond acceptors (Lipinski definition) is 4. The summed E-state index contributed by atoms with van der Waals surface area (Å²) in [5.41, 5.74) is 1.01. The van der Waals surface area contributed by atoms with Gasteiger partial charge < -0.3 is 10.4 Å². The molecule has 0 aromatic carbocycles. The molecule has 1 aromatic rings. The molecule has 0 saturated heterocycles. The van der Waals surface area contributed by atoms with Crippen LogP contribution in [0.5, 0.6) is 0 Å². The maximum atomic E-state index is 9.24. The van der Waals surface area contributed by atoms with Crippen LogP contribution in [0, 0.1) is 0 Å². The maximum absolute atomic E-state index is 9.24. The molecule has 0 radical (unpaired) electrons. The van der Waals surface area contributed by atoms with Crippen LogP contribution >= 0.6 is 11.3 Å². The average molecular weight is 152 g/mol. The van der Waals surface area contributed by atoms with E-state index in [-0.39, 0.29) is 0 Å². The molecule has 5 heteroatoms. The summed E-state index contributed by atoms with van der Waals surface area (Å²) >= 11 is 1.53. The minimum atomic E-state index is -0.611. The van der Waals surface area contributed by atoms with Crippen molar-refractivity contribution < 1.29 is 5.02 Å². The van der Waals surface area contributed by atoms with Crippen LogP contribution in [0.3, 0.4) is 0 Å². The predicted molar refractivity (Wildman–Crippen MR) is 42.7 cm³/mol. The Bertz CT molecular complexity index is 272. The van der Waals surface area contributed by atoms with E-state index in [1.54, 1.807) is 6.21 Å². The van der Waals surface area contributed by atoms with Crippen molar-refractivity contribution in [3.8, 4) is 0 Å². The smallest absolute Gasteiger partial charge is 0.427 e. The zero-order valence-corrected chi connectivity index (χ0v) is 5.93. The lowest BCUT2D eigenvalue weighted by Crippen LogP contribution is -2.44. The third-order valence-electron chi connectivity index (χ3n) is 1.38. The van der Waals surface area contributed by atoms with E-state index in [2.05, 4.69) is 10.4 Å². The van der Waals surface area contributed by atoms with Crippen molar-refractivity contribution in [2.75, 3.05) is 0 Å². The first kappa shape index (κ1) is 5.94. The van der Waals surface area contributed by atoms with Gasteiger partial charge in [0.1, 0.15) is 0 Å². The highest BCUT2D eigenvalue weighted by atomic mass is 32.1. The minimum Gasteiger partial charge on any atom is -0.427 e. The Morgan fingerprint density at radius 2 is 2.60 bits per heavy atom. The molecule has 1 aliphatic rings. The molecule has 3 nitrogen and oxygen atoms in total. The summed E-state index contributed by atoms with van der Waals surface area (Å²) < 4.78 is 0.940. The Hall–Kier alpha value is -0.805. The lowest BCUT2D eigenvalue weighted by molar-refractivity contribution is 0.566. The van der Waals surface area contributed by atoms with E-state index in [9.17, 15) is 5.02 Å². The van der Waals surface area contributed by atoms with Crippen LogP contribution in [0.2, 0.25) is 0 Å². The first-order chi connectivity index (χ1) is 4.88. The molecule has 0 atom stereocenters. The quantitative estimate of drug-likeness (QED) is 0.486. The van der Waals surface area contributed by atoms with Crippen molar-refractivity contribution in [2.24, 2.45) is 5.10 Å². The fraction of sp³-hybridized carbons (Fsp3) is 0. The molecule has 0 spiro atoms. The van der Waals surface area contributed by atoms with Gasteiger partial charge in [-0.15, -0.1) is 0 Å². The van der Waals surface area contributed by atoms with Crippen molar-refractivity contribution in [3.05, 3.63) is 17.0 Å². The van der Waals surface area contributed by atoms with Crippen LogP contribution in [0.4, 0.5) is 0 Å². The van der Waals surface area contributed by atoms with Gasteiger partial charge in [0, 0.05) is 10.3 Å². The van der Waals surface area contributed by atoms with Gasteiger partial charge in [0.2, 0.25) is 0 Å². The van der Waals surface area contributed by atoms with Crippen LogP contribution in [-0.4, -0.2) is 18.3 Å². The summed E-state index contributed by atoms with van der Waals surface area (Å²) in [4.78, 5) is 0. The SMILES string of the molecule is OB1NN=Cc2ccsc21. The molecule has 1 aromatic heterocycles. The molecule has 0 aliphatic carbocycles. The monoisotopic (exact) mass is 152 g/mol. The van der Waals surface area contributed by atoms with Crippen LogP contribution in [0.15, 0.2) is 16.5 Å². The number of rotatable bonds is 0. The lowest BCUT2D eigenvalue weighted by Gasteiger charge is -2.08. The predicted octanol–water partition coefficient (Wildman–Crippen LogP) is -0.627. The Balaban J connectivity index is 2.52. The molecule has 2 heterocycles. The van der Waals surface area contributed by atoms with Crippen LogP contribution < -0.4 is 10.1 Å². The van der Waals surface area contributed by atoms with E-state index in [0.717, 1.165) is 10.3 Å². The summed E-state index contributed by atoms with van der Waals surface area (Å²) in [7, 11) is -0.611. The van der Waals surface area contributed by atoms with Crippen LogP contribution in [-0.2, 0) is 0 Å². The number of fused-ring (bicyclic) bond motifs is 1. The normalized spacial score (nSPS) is 14.7. The number of nitrogens with one attached hydrogen (secondary N) is 1. The van der Waals surface area contributed by atoms with E-state index in [4.69, 9.17) is 0 Å². The molecule has 10 heavy (non-hydrogen) atoms. The van der Waals surface area contributed by atoms with Crippen molar-refractivity contribution in [3.63, 3.8) is 0 Å². The third-order valence-corrected chi connectivity index (χ3v) is 2.36. The van der Waals surface area contributed by atoms with Gasteiger partial charge in [-0.2, -0.15) is 16.4 Å². The van der Waals surface area contributed by atoms with Gasteiger partial charge in [-0.25, -0.2) is 0 Å². The fourth-order valence-electron chi connectivity index (χ4n) is 0.896. The number of thiophene rings is 1. The highest BCUT2D eigenvalue weighted by molar-refractivity contribution is 7.21. The summed E-state index contributed by atoms with van der Waals surface area (Å²) in [6.45, 7) is 0. The van der Waals surface area contributed by atoms with Gasteiger partial charge in [-0.05, 0) is 11.4 Å². The van der Waals surface area contributed by atoms with Crippen molar-refractivity contribution in [1.82, 2.24) is 5.34 Å². The summed E-state index contributed by atoms with van der Waals surface area (Å²) in [6.07, 6.45) is 1.71. The maximum Gasteiger partial charge on any atom is 0.474 e. The zero-order valence-electron chi connectivity index (χ0n) is 5.11. The van der Waals surface area contributed by atoms with E-state index < -0.39 is 7.05 Å². The van der Waals surface area contributed by atoms with Crippen molar-refractivity contribution in [1.29, 1.82) is 0 Å². The second kappa shape index (κ2) is 2.11. The Labute approximate surface area is 62.5 Å². The summed E-state index contributed by atoms with van der Waals surface area (Å²) in [5, 5.41) is 17.5. The molecule has 50 valence electrons. The Morgan fingerprint density at radius 1 is 1.70 bits per heavy atom. The van der Waals surface area contributed by atoms with Crippen LogP contribution in [0.1, 0.15) is 5.56 Å². The van der Waals surface area contributed by atoms with Gasteiger partial charge in [-0.3, -0.25) is 0 Å². The number of hydrogen-bond donors (Lipinski definition) is 2. The molecule has 2 rings (SSSR count). The van der Waals surface area contributed by atoms with Gasteiger partial charge in [0.15, 0.2) is 0 Å². The van der Waals surface area contributed by atoms with Gasteiger partial charge in [-0.1, -0.05) is 0 Å². The highest BCUT2D eigenvalue weighted by Gasteiger charge is 2.21. The molecule has 0 fully saturated rings. The fourth-order valence-corrected chi connectivity index (χ4v) is 1.70. The van der Waals surface area contributed by atoms with Gasteiger partial charge >= 0.3 is 7.05 Å². The second-order valence-corrected chi connectivity index (χ2v) is 2.98. The van der Waals surface area contributed by atoms with Crippen LogP contribution in [0.25, 0.3) is 0 Å². The molecular weight excluding hydrogens is 147 g/mol. The van der Waals surface area contributed by atoms with Crippen molar-refractivity contribution in [2.45, 2.75) is 0 Å². The number of nitrogens with zero attached hydrogens (tertiary/aromatic N) is 1. The minimum absolute atomic E-state index is 0.611. The molecule has 0 saturated carbocycles. The first-order valence-electron chi connectivity index (χ1n) is 2.92. The largest absolute Gasteiger partial charge is 0.474 e. The average Bonchev–Trinajstić information content (AvgIpc) is 2.36. The Kier molecular flexibility index (Phi) is 1.25. The van der Waals surface area contributed by atoms with Gasteiger partial charge in [0.05, 0.1) is 6.21 Å². The highest BCUT2D eigenvalue weighted by Crippen LogP contribution is 2.03. The van der Waals surface area contributed by atoms with E-state index in [1.165, 1.54) is 11.3 Å². The molecule has 2 N–H and O–H groups in total. The van der Waals surface area contributed by atoms with Gasteiger partial charge in [0.25, 0.3) is 0 Å². The van der Waals surface area contributed by atoms with E-state index >= 15 is 0 Å². The van der Waals surface area contributed by atoms with E-state index in [0.29, 0.717) is 0 Å². The number of hydrazone groups is 1.